The smallest absolute Gasteiger partial charge is 0.449 e. The largest absolute Gasteiger partial charge is 0.511 e. The Kier molecular flexibility index (Phi) is 3.33. The van der Waals surface area contributed by atoms with Crippen LogP contribution in [0.15, 0.2) is 12.1 Å². The van der Waals surface area contributed by atoms with Crippen molar-refractivity contribution in [3.8, 4) is 5.75 Å². The maximum absolute atomic E-state index is 10.5. The molecule has 6 heteroatoms. The van der Waals surface area contributed by atoms with E-state index in [4.69, 9.17) is 28.3 Å². The van der Waals surface area contributed by atoms with Crippen molar-refractivity contribution in [1.82, 2.24) is 0 Å². The topological polar surface area (TPSA) is 63.6 Å². The summed E-state index contributed by atoms with van der Waals surface area (Å²) in [6, 6.07) is 2.55. The molecule has 0 spiro atoms. The number of hydrogen-bond donors (Lipinski definition) is 1. The van der Waals surface area contributed by atoms with Gasteiger partial charge in [0.25, 0.3) is 0 Å². The van der Waals surface area contributed by atoms with E-state index in [0.29, 0.717) is 6.29 Å². The van der Waals surface area contributed by atoms with Gasteiger partial charge >= 0.3 is 6.16 Å². The fraction of sp³-hybridized carbons (Fsp3) is 0. The fourth-order valence-electron chi connectivity index (χ4n) is 0.863. The zero-order valence-corrected chi connectivity index (χ0v) is 8.17. The van der Waals surface area contributed by atoms with Crippen molar-refractivity contribution in [3.05, 3.63) is 27.7 Å². The molecular formula is C8H4Cl2O4. The number of benzene rings is 1. The number of ether oxygens (including phenoxy) is 1. The van der Waals surface area contributed by atoms with Crippen LogP contribution >= 0.6 is 23.2 Å². The van der Waals surface area contributed by atoms with Gasteiger partial charge in [0.1, 0.15) is 0 Å². The summed E-state index contributed by atoms with van der Waals surface area (Å²) < 4.78 is 4.32. The quantitative estimate of drug-likeness (QED) is 0.486. The maximum Gasteiger partial charge on any atom is 0.511 e. The third kappa shape index (κ3) is 2.37. The second-order valence-corrected chi connectivity index (χ2v) is 3.14. The molecule has 1 rings (SSSR count). The molecule has 0 aromatic heterocycles. The van der Waals surface area contributed by atoms with E-state index < -0.39 is 6.16 Å². The number of carboxylic acid groups (broad SMARTS) is 1. The van der Waals surface area contributed by atoms with Crippen molar-refractivity contribution in [2.75, 3.05) is 0 Å². The number of halogens is 2. The summed E-state index contributed by atoms with van der Waals surface area (Å²) >= 11 is 11.2. The molecular weight excluding hydrogens is 231 g/mol. The summed E-state index contributed by atoms with van der Waals surface area (Å²) in [4.78, 5) is 20.8. The van der Waals surface area contributed by atoms with Crippen LogP contribution in [0.3, 0.4) is 0 Å². The highest BCUT2D eigenvalue weighted by atomic mass is 35.5. The Morgan fingerprint density at radius 3 is 2.57 bits per heavy atom. The first-order valence-corrected chi connectivity index (χ1v) is 4.15. The van der Waals surface area contributed by atoms with Gasteiger partial charge < -0.3 is 9.84 Å². The van der Waals surface area contributed by atoms with Crippen molar-refractivity contribution in [2.45, 2.75) is 0 Å². The van der Waals surface area contributed by atoms with Crippen LogP contribution in [0.2, 0.25) is 10.0 Å². The van der Waals surface area contributed by atoms with E-state index in [1.54, 1.807) is 0 Å². The summed E-state index contributed by atoms with van der Waals surface area (Å²) in [5.41, 5.74) is -0.00935. The van der Waals surface area contributed by atoms with Gasteiger partial charge in [-0.15, -0.1) is 0 Å². The van der Waals surface area contributed by atoms with Crippen LogP contribution in [0, 0.1) is 0 Å². The molecule has 0 fully saturated rings. The van der Waals surface area contributed by atoms with Crippen molar-refractivity contribution in [2.24, 2.45) is 0 Å². The second kappa shape index (κ2) is 4.30. The summed E-state index contributed by atoms with van der Waals surface area (Å²) in [6.07, 6.45) is -1.13. The summed E-state index contributed by atoms with van der Waals surface area (Å²) in [5.74, 6) is -0.210. The van der Waals surface area contributed by atoms with Crippen LogP contribution in [0.1, 0.15) is 10.4 Å². The Balaban J connectivity index is 3.24. The first kappa shape index (κ1) is 10.8. The lowest BCUT2D eigenvalue weighted by molar-refractivity contribution is 0.111. The second-order valence-electron chi connectivity index (χ2n) is 2.29. The van der Waals surface area contributed by atoms with Gasteiger partial charge in [0.2, 0.25) is 0 Å². The zero-order chi connectivity index (χ0) is 10.7. The molecule has 0 unspecified atom stereocenters. The number of hydrogen-bond acceptors (Lipinski definition) is 3. The standard InChI is InChI=1S/C8H4Cl2O4/c9-5-1-4(3-11)7(6(10)2-5)14-8(12)13/h1-3H,(H,12,13). The lowest BCUT2D eigenvalue weighted by Gasteiger charge is -2.05. The Hall–Kier alpha value is -1.26. The maximum atomic E-state index is 10.5. The predicted octanol–water partition coefficient (Wildman–Crippen LogP) is 2.86. The van der Waals surface area contributed by atoms with E-state index in [-0.39, 0.29) is 21.4 Å². The van der Waals surface area contributed by atoms with Crippen LogP contribution < -0.4 is 4.74 Å². The van der Waals surface area contributed by atoms with Gasteiger partial charge in [-0.1, -0.05) is 23.2 Å². The monoisotopic (exact) mass is 234 g/mol. The van der Waals surface area contributed by atoms with E-state index in [0.717, 1.165) is 0 Å². The van der Waals surface area contributed by atoms with Crippen LogP contribution in [-0.2, 0) is 0 Å². The Morgan fingerprint density at radius 1 is 1.43 bits per heavy atom. The fourth-order valence-corrected chi connectivity index (χ4v) is 1.41. The Bertz CT molecular complexity index is 389. The van der Waals surface area contributed by atoms with Gasteiger partial charge in [-0.2, -0.15) is 0 Å². The minimum absolute atomic E-state index is 0.00935. The first-order valence-electron chi connectivity index (χ1n) is 3.39. The van der Waals surface area contributed by atoms with Crippen molar-refractivity contribution < 1.29 is 19.4 Å². The molecule has 1 aromatic rings. The highest BCUT2D eigenvalue weighted by molar-refractivity contribution is 6.36. The molecule has 0 saturated heterocycles. The SMILES string of the molecule is O=Cc1cc(Cl)cc(Cl)c1OC(=O)O. The summed E-state index contributed by atoms with van der Waals surface area (Å²) in [6.45, 7) is 0. The predicted molar refractivity (Wildman–Crippen MR) is 50.5 cm³/mol. The molecule has 0 amide bonds. The molecule has 1 aromatic carbocycles. The molecule has 1 N–H and O–H groups in total. The summed E-state index contributed by atoms with van der Waals surface area (Å²) in [7, 11) is 0. The lowest BCUT2D eigenvalue weighted by Crippen LogP contribution is -2.05. The number of aldehydes is 1. The van der Waals surface area contributed by atoms with Gasteiger partial charge in [0.15, 0.2) is 12.0 Å². The minimum Gasteiger partial charge on any atom is -0.449 e. The van der Waals surface area contributed by atoms with E-state index >= 15 is 0 Å². The van der Waals surface area contributed by atoms with Crippen molar-refractivity contribution in [1.29, 1.82) is 0 Å². The summed E-state index contributed by atoms with van der Waals surface area (Å²) in [5, 5.41) is 8.56. The van der Waals surface area contributed by atoms with Crippen LogP contribution in [0.25, 0.3) is 0 Å². The number of carbonyl (C=O) groups is 2. The van der Waals surface area contributed by atoms with E-state index in [1.165, 1.54) is 12.1 Å². The molecule has 0 aliphatic rings. The van der Waals surface area contributed by atoms with Gasteiger partial charge in [0.05, 0.1) is 10.6 Å². The molecule has 74 valence electrons. The highest BCUT2D eigenvalue weighted by Crippen LogP contribution is 2.31. The van der Waals surface area contributed by atoms with Crippen LogP contribution in [-0.4, -0.2) is 17.5 Å². The first-order chi connectivity index (χ1) is 6.54. The van der Waals surface area contributed by atoms with E-state index in [2.05, 4.69) is 4.74 Å². The molecule has 0 aliphatic heterocycles. The molecule has 14 heavy (non-hydrogen) atoms. The Labute approximate surface area is 89.0 Å². The molecule has 0 bridgehead atoms. The molecule has 0 radical (unpaired) electrons. The lowest BCUT2D eigenvalue weighted by atomic mass is 10.2. The third-order valence-electron chi connectivity index (χ3n) is 1.35. The molecule has 0 saturated carbocycles. The highest BCUT2D eigenvalue weighted by Gasteiger charge is 2.13. The molecule has 0 atom stereocenters. The average Bonchev–Trinajstić information content (AvgIpc) is 2.08. The van der Waals surface area contributed by atoms with Crippen molar-refractivity contribution >= 4 is 35.6 Å². The van der Waals surface area contributed by atoms with Crippen molar-refractivity contribution in [3.63, 3.8) is 0 Å². The van der Waals surface area contributed by atoms with Crippen LogP contribution in [0.4, 0.5) is 4.79 Å². The van der Waals surface area contributed by atoms with E-state index in [9.17, 15) is 9.59 Å². The van der Waals surface area contributed by atoms with E-state index in [1.807, 2.05) is 0 Å². The zero-order valence-electron chi connectivity index (χ0n) is 6.66. The van der Waals surface area contributed by atoms with Gasteiger partial charge in [0, 0.05) is 5.02 Å². The normalized spacial score (nSPS) is 9.57. The molecule has 0 aliphatic carbocycles. The minimum atomic E-state index is -1.54. The van der Waals surface area contributed by atoms with Gasteiger partial charge in [-0.05, 0) is 12.1 Å². The number of carbonyl (C=O) groups excluding carboxylic acids is 1. The van der Waals surface area contributed by atoms with Gasteiger partial charge in [-0.3, -0.25) is 4.79 Å². The third-order valence-corrected chi connectivity index (χ3v) is 1.85. The average molecular weight is 235 g/mol. The van der Waals surface area contributed by atoms with Crippen LogP contribution in [0.5, 0.6) is 5.75 Å². The van der Waals surface area contributed by atoms with Gasteiger partial charge in [-0.25, -0.2) is 4.79 Å². The molecule has 0 heterocycles. The molecule has 4 nitrogen and oxygen atoms in total. The number of rotatable bonds is 2. The Morgan fingerprint density at radius 2 is 2.07 bits per heavy atom.